The minimum atomic E-state index is -0.0742. The second kappa shape index (κ2) is 8.47. The van der Waals surface area contributed by atoms with Gasteiger partial charge in [0.25, 0.3) is 0 Å². The molecule has 3 rings (SSSR count). The summed E-state index contributed by atoms with van der Waals surface area (Å²) in [7, 11) is 0. The second-order valence-corrected chi connectivity index (χ2v) is 6.25. The highest BCUT2D eigenvalue weighted by molar-refractivity contribution is 5.92. The highest BCUT2D eigenvalue weighted by atomic mass is 16.6. The minimum absolute atomic E-state index is 0.0462. The molecule has 26 heavy (non-hydrogen) atoms. The van der Waals surface area contributed by atoms with Crippen LogP contribution in [0.3, 0.4) is 0 Å². The Kier molecular flexibility index (Phi) is 5.84. The molecule has 0 saturated heterocycles. The van der Waals surface area contributed by atoms with E-state index in [2.05, 4.69) is 10.6 Å². The van der Waals surface area contributed by atoms with Crippen LogP contribution < -0.4 is 24.8 Å². The molecule has 1 aliphatic heterocycles. The predicted molar refractivity (Wildman–Crippen MR) is 101 cm³/mol. The Bertz CT molecular complexity index is 761. The van der Waals surface area contributed by atoms with E-state index in [9.17, 15) is 4.79 Å². The van der Waals surface area contributed by atoms with Gasteiger partial charge in [0.1, 0.15) is 19.0 Å². The lowest BCUT2D eigenvalue weighted by Gasteiger charge is -2.19. The first kappa shape index (κ1) is 17.9. The Labute approximate surface area is 153 Å². The van der Waals surface area contributed by atoms with Crippen molar-refractivity contribution in [3.8, 4) is 17.2 Å². The van der Waals surface area contributed by atoms with Crippen molar-refractivity contribution in [2.24, 2.45) is 0 Å². The van der Waals surface area contributed by atoms with Gasteiger partial charge < -0.3 is 24.8 Å². The normalized spacial score (nSPS) is 12.6. The summed E-state index contributed by atoms with van der Waals surface area (Å²) in [5.41, 5.74) is 1.58. The van der Waals surface area contributed by atoms with Crippen LogP contribution in [0.5, 0.6) is 17.2 Å². The molecule has 138 valence electrons. The number of nitrogens with one attached hydrogen (secondary N) is 2. The van der Waals surface area contributed by atoms with Gasteiger partial charge in [0.05, 0.1) is 11.8 Å². The van der Waals surface area contributed by atoms with Crippen LogP contribution in [-0.2, 0) is 4.79 Å². The molecular formula is C20H24N2O4. The van der Waals surface area contributed by atoms with E-state index in [4.69, 9.17) is 14.2 Å². The zero-order chi connectivity index (χ0) is 18.4. The molecule has 2 aromatic rings. The fourth-order valence-electron chi connectivity index (χ4n) is 2.61. The van der Waals surface area contributed by atoms with Gasteiger partial charge in [-0.3, -0.25) is 4.79 Å². The van der Waals surface area contributed by atoms with Gasteiger partial charge in [-0.1, -0.05) is 12.1 Å². The van der Waals surface area contributed by atoms with Gasteiger partial charge in [0.2, 0.25) is 5.91 Å². The van der Waals surface area contributed by atoms with E-state index in [1.165, 1.54) is 0 Å². The molecule has 0 bridgehead atoms. The molecule has 1 aliphatic rings. The van der Waals surface area contributed by atoms with Crippen LogP contribution in [0.15, 0.2) is 42.5 Å². The third kappa shape index (κ3) is 4.81. The number of rotatable bonds is 7. The van der Waals surface area contributed by atoms with Crippen molar-refractivity contribution in [2.75, 3.05) is 30.4 Å². The summed E-state index contributed by atoms with van der Waals surface area (Å²) < 4.78 is 16.8. The summed E-state index contributed by atoms with van der Waals surface area (Å²) in [6.45, 7) is 5.54. The molecule has 1 amide bonds. The minimum Gasteiger partial charge on any atom is -0.489 e. The molecule has 6 heteroatoms. The molecule has 0 atom stereocenters. The first-order valence-electron chi connectivity index (χ1n) is 8.81. The summed E-state index contributed by atoms with van der Waals surface area (Å²) in [6, 6.07) is 13.1. The smallest absolute Gasteiger partial charge is 0.226 e. The van der Waals surface area contributed by atoms with Gasteiger partial charge in [-0.15, -0.1) is 0 Å². The quantitative estimate of drug-likeness (QED) is 0.792. The summed E-state index contributed by atoms with van der Waals surface area (Å²) in [4.78, 5) is 12.2. The summed E-state index contributed by atoms with van der Waals surface area (Å²) in [5, 5.41) is 6.13. The molecule has 0 saturated carbocycles. The highest BCUT2D eigenvalue weighted by Gasteiger charge is 2.12. The number of hydrogen-bond donors (Lipinski definition) is 2. The Hall–Kier alpha value is -2.89. The van der Waals surface area contributed by atoms with Gasteiger partial charge in [-0.25, -0.2) is 0 Å². The fourth-order valence-corrected chi connectivity index (χ4v) is 2.61. The van der Waals surface area contributed by atoms with Gasteiger partial charge in [-0.2, -0.15) is 0 Å². The summed E-state index contributed by atoms with van der Waals surface area (Å²) in [5.74, 6) is 2.08. The summed E-state index contributed by atoms with van der Waals surface area (Å²) >= 11 is 0. The van der Waals surface area contributed by atoms with Crippen molar-refractivity contribution in [3.63, 3.8) is 0 Å². The lowest BCUT2D eigenvalue weighted by atomic mass is 10.2. The van der Waals surface area contributed by atoms with Crippen LogP contribution in [0.2, 0.25) is 0 Å². The standard InChI is InChI=1S/C20H24N2O4/c1-14(2)26-17-6-4-3-5-16(17)22-20(23)9-10-21-15-7-8-18-19(13-15)25-12-11-24-18/h3-8,13-14,21H,9-12H2,1-2H3,(H,22,23). The summed E-state index contributed by atoms with van der Waals surface area (Å²) in [6.07, 6.45) is 0.384. The average molecular weight is 356 g/mol. The molecule has 2 aromatic carbocycles. The van der Waals surface area contributed by atoms with Gasteiger partial charge in [0, 0.05) is 24.7 Å². The van der Waals surface area contributed by atoms with Crippen LogP contribution in [-0.4, -0.2) is 31.8 Å². The Morgan fingerprint density at radius 1 is 1.12 bits per heavy atom. The van der Waals surface area contributed by atoms with E-state index < -0.39 is 0 Å². The largest absolute Gasteiger partial charge is 0.489 e. The zero-order valence-corrected chi connectivity index (χ0v) is 15.1. The molecule has 0 aromatic heterocycles. The average Bonchev–Trinajstić information content (AvgIpc) is 2.63. The number of benzene rings is 2. The number of carbonyl (C=O) groups is 1. The lowest BCUT2D eigenvalue weighted by molar-refractivity contribution is -0.116. The van der Waals surface area contributed by atoms with Crippen molar-refractivity contribution >= 4 is 17.3 Å². The third-order valence-corrected chi connectivity index (χ3v) is 3.75. The van der Waals surface area contributed by atoms with Crippen LogP contribution >= 0.6 is 0 Å². The molecule has 0 unspecified atom stereocenters. The number of fused-ring (bicyclic) bond motifs is 1. The van der Waals surface area contributed by atoms with Crippen LogP contribution in [0, 0.1) is 0 Å². The Morgan fingerprint density at radius 2 is 1.88 bits per heavy atom. The molecule has 0 spiro atoms. The first-order valence-corrected chi connectivity index (χ1v) is 8.81. The molecule has 2 N–H and O–H groups in total. The van der Waals surface area contributed by atoms with Crippen LogP contribution in [0.25, 0.3) is 0 Å². The van der Waals surface area contributed by atoms with E-state index in [1.807, 2.05) is 56.3 Å². The number of ether oxygens (including phenoxy) is 3. The second-order valence-electron chi connectivity index (χ2n) is 6.25. The van der Waals surface area contributed by atoms with Crippen molar-refractivity contribution in [1.82, 2.24) is 0 Å². The molecule has 0 aliphatic carbocycles. The monoisotopic (exact) mass is 356 g/mol. The lowest BCUT2D eigenvalue weighted by Crippen LogP contribution is -2.18. The number of amides is 1. The van der Waals surface area contributed by atoms with Gasteiger partial charge >= 0.3 is 0 Å². The Morgan fingerprint density at radius 3 is 2.69 bits per heavy atom. The van der Waals surface area contributed by atoms with Gasteiger partial charge in [0.15, 0.2) is 11.5 Å². The van der Waals surface area contributed by atoms with E-state index >= 15 is 0 Å². The Balaban J connectivity index is 1.50. The SMILES string of the molecule is CC(C)Oc1ccccc1NC(=O)CCNc1ccc2c(c1)OCCO2. The fraction of sp³-hybridized carbons (Fsp3) is 0.350. The molecule has 1 heterocycles. The maximum absolute atomic E-state index is 12.2. The first-order chi connectivity index (χ1) is 12.6. The number of carbonyl (C=O) groups excluding carboxylic acids is 1. The predicted octanol–water partition coefficient (Wildman–Crippen LogP) is 3.69. The van der Waals surface area contributed by atoms with Crippen LogP contribution in [0.4, 0.5) is 11.4 Å². The topological polar surface area (TPSA) is 68.8 Å². The molecular weight excluding hydrogens is 332 g/mol. The van der Waals surface area contributed by atoms with E-state index in [1.54, 1.807) is 0 Å². The molecule has 0 radical (unpaired) electrons. The maximum Gasteiger partial charge on any atom is 0.226 e. The highest BCUT2D eigenvalue weighted by Crippen LogP contribution is 2.32. The van der Waals surface area contributed by atoms with Crippen molar-refractivity contribution in [3.05, 3.63) is 42.5 Å². The van der Waals surface area contributed by atoms with E-state index in [0.717, 1.165) is 17.2 Å². The van der Waals surface area contributed by atoms with Crippen LogP contribution in [0.1, 0.15) is 20.3 Å². The zero-order valence-electron chi connectivity index (χ0n) is 15.1. The van der Waals surface area contributed by atoms with Crippen molar-refractivity contribution in [2.45, 2.75) is 26.4 Å². The number of hydrogen-bond acceptors (Lipinski definition) is 5. The van der Waals surface area contributed by atoms with Crippen molar-refractivity contribution < 1.29 is 19.0 Å². The third-order valence-electron chi connectivity index (χ3n) is 3.75. The molecule has 0 fully saturated rings. The van der Waals surface area contributed by atoms with E-state index in [0.29, 0.717) is 37.6 Å². The number of para-hydroxylation sites is 2. The van der Waals surface area contributed by atoms with E-state index in [-0.39, 0.29) is 12.0 Å². The number of anilines is 2. The van der Waals surface area contributed by atoms with Crippen molar-refractivity contribution in [1.29, 1.82) is 0 Å². The maximum atomic E-state index is 12.2. The van der Waals surface area contributed by atoms with Gasteiger partial charge in [-0.05, 0) is 38.1 Å². The molecule has 6 nitrogen and oxygen atoms in total.